The average Bonchev–Trinajstić information content (AvgIpc) is 2.68. The molecule has 0 fully saturated rings. The van der Waals surface area contributed by atoms with Crippen molar-refractivity contribution in [1.82, 2.24) is 15.0 Å². The van der Waals surface area contributed by atoms with Gasteiger partial charge in [-0.2, -0.15) is 0 Å². The third-order valence-electron chi connectivity index (χ3n) is 3.43. The maximum Gasteiger partial charge on any atom is 0.274 e. The maximum absolute atomic E-state index is 12.4. The van der Waals surface area contributed by atoms with Gasteiger partial charge >= 0.3 is 0 Å². The SMILES string of the molecule is COc1ccccc1NC(=O)c1cc(NCc2ccccn2)ncn1. The first kappa shape index (κ1) is 16.4. The molecule has 0 aliphatic rings. The van der Waals surface area contributed by atoms with Gasteiger partial charge in [-0.05, 0) is 24.3 Å². The number of rotatable bonds is 6. The molecule has 3 rings (SSSR count). The first-order valence-corrected chi connectivity index (χ1v) is 7.66. The van der Waals surface area contributed by atoms with Crippen molar-refractivity contribution < 1.29 is 9.53 Å². The number of carbonyl (C=O) groups is 1. The van der Waals surface area contributed by atoms with Crippen LogP contribution in [0.3, 0.4) is 0 Å². The summed E-state index contributed by atoms with van der Waals surface area (Å²) < 4.78 is 5.23. The zero-order valence-electron chi connectivity index (χ0n) is 13.6. The van der Waals surface area contributed by atoms with E-state index >= 15 is 0 Å². The summed E-state index contributed by atoms with van der Waals surface area (Å²) in [5, 5.41) is 5.91. The van der Waals surface area contributed by atoms with Gasteiger partial charge < -0.3 is 15.4 Å². The number of nitrogens with zero attached hydrogens (tertiary/aromatic N) is 3. The summed E-state index contributed by atoms with van der Waals surface area (Å²) in [5.41, 5.74) is 1.71. The molecule has 0 atom stereocenters. The first-order valence-electron chi connectivity index (χ1n) is 7.66. The Hall–Kier alpha value is -3.48. The molecule has 0 radical (unpaired) electrons. The fourth-order valence-electron chi connectivity index (χ4n) is 2.20. The van der Waals surface area contributed by atoms with E-state index in [1.807, 2.05) is 30.3 Å². The molecule has 0 bridgehead atoms. The fourth-order valence-corrected chi connectivity index (χ4v) is 2.20. The highest BCUT2D eigenvalue weighted by Crippen LogP contribution is 2.23. The van der Waals surface area contributed by atoms with Gasteiger partial charge in [0.2, 0.25) is 0 Å². The Labute approximate surface area is 145 Å². The van der Waals surface area contributed by atoms with Crippen molar-refractivity contribution in [3.8, 4) is 5.75 Å². The summed E-state index contributed by atoms with van der Waals surface area (Å²) in [4.78, 5) is 24.8. The molecular weight excluding hydrogens is 318 g/mol. The quantitative estimate of drug-likeness (QED) is 0.720. The van der Waals surface area contributed by atoms with Crippen LogP contribution in [0.4, 0.5) is 11.5 Å². The molecular formula is C18H17N5O2. The van der Waals surface area contributed by atoms with Crippen LogP contribution in [0.2, 0.25) is 0 Å². The van der Waals surface area contributed by atoms with E-state index in [4.69, 9.17) is 4.74 Å². The van der Waals surface area contributed by atoms with Crippen LogP contribution in [0.1, 0.15) is 16.2 Å². The van der Waals surface area contributed by atoms with Gasteiger partial charge in [0.05, 0.1) is 25.0 Å². The molecule has 0 unspecified atom stereocenters. The zero-order chi connectivity index (χ0) is 17.5. The van der Waals surface area contributed by atoms with E-state index in [0.29, 0.717) is 23.8 Å². The maximum atomic E-state index is 12.4. The van der Waals surface area contributed by atoms with Gasteiger partial charge in [0.1, 0.15) is 23.6 Å². The number of methoxy groups -OCH3 is 1. The highest BCUT2D eigenvalue weighted by atomic mass is 16.5. The minimum Gasteiger partial charge on any atom is -0.495 e. The average molecular weight is 335 g/mol. The third-order valence-corrected chi connectivity index (χ3v) is 3.43. The molecule has 2 aromatic heterocycles. The van der Waals surface area contributed by atoms with Crippen molar-refractivity contribution in [1.29, 1.82) is 0 Å². The van der Waals surface area contributed by atoms with Crippen LogP contribution in [-0.4, -0.2) is 28.0 Å². The van der Waals surface area contributed by atoms with E-state index in [0.717, 1.165) is 5.69 Å². The number of amides is 1. The first-order chi connectivity index (χ1) is 12.3. The van der Waals surface area contributed by atoms with Gasteiger partial charge in [0.25, 0.3) is 5.91 Å². The van der Waals surface area contributed by atoms with Crippen LogP contribution in [0.5, 0.6) is 5.75 Å². The van der Waals surface area contributed by atoms with Crippen molar-refractivity contribution in [3.05, 3.63) is 72.4 Å². The summed E-state index contributed by atoms with van der Waals surface area (Å²) in [7, 11) is 1.55. The van der Waals surface area contributed by atoms with Gasteiger partial charge in [-0.15, -0.1) is 0 Å². The highest BCUT2D eigenvalue weighted by molar-refractivity contribution is 6.04. The molecule has 0 spiro atoms. The Kier molecular flexibility index (Phi) is 5.16. The number of nitrogens with one attached hydrogen (secondary N) is 2. The van der Waals surface area contributed by atoms with E-state index in [9.17, 15) is 4.79 Å². The molecule has 3 aromatic rings. The van der Waals surface area contributed by atoms with Gasteiger partial charge in [-0.1, -0.05) is 18.2 Å². The van der Waals surface area contributed by atoms with E-state index in [-0.39, 0.29) is 11.6 Å². The minimum absolute atomic E-state index is 0.254. The van der Waals surface area contributed by atoms with Crippen molar-refractivity contribution in [2.75, 3.05) is 17.7 Å². The molecule has 1 amide bonds. The number of para-hydroxylation sites is 2. The van der Waals surface area contributed by atoms with Gasteiger partial charge in [-0.25, -0.2) is 9.97 Å². The second-order valence-electron chi connectivity index (χ2n) is 5.12. The molecule has 0 saturated carbocycles. The predicted octanol–water partition coefficient (Wildman–Crippen LogP) is 2.74. The molecule has 1 aromatic carbocycles. The Morgan fingerprint density at radius 1 is 1.08 bits per heavy atom. The molecule has 0 aliphatic carbocycles. The Balaban J connectivity index is 1.69. The van der Waals surface area contributed by atoms with Gasteiger partial charge in [-0.3, -0.25) is 9.78 Å². The lowest BCUT2D eigenvalue weighted by atomic mass is 10.2. The molecule has 0 saturated heterocycles. The van der Waals surface area contributed by atoms with E-state index in [2.05, 4.69) is 25.6 Å². The highest BCUT2D eigenvalue weighted by Gasteiger charge is 2.11. The fraction of sp³-hybridized carbons (Fsp3) is 0.111. The minimum atomic E-state index is -0.340. The molecule has 2 heterocycles. The molecule has 25 heavy (non-hydrogen) atoms. The topological polar surface area (TPSA) is 89.0 Å². The Bertz CT molecular complexity index is 855. The summed E-state index contributed by atoms with van der Waals surface area (Å²) in [5.74, 6) is 0.789. The Morgan fingerprint density at radius 2 is 1.92 bits per heavy atom. The summed E-state index contributed by atoms with van der Waals surface area (Å²) in [6.07, 6.45) is 3.07. The van der Waals surface area contributed by atoms with Crippen LogP contribution >= 0.6 is 0 Å². The van der Waals surface area contributed by atoms with E-state index in [1.165, 1.54) is 6.33 Å². The lowest BCUT2D eigenvalue weighted by Gasteiger charge is -2.10. The Morgan fingerprint density at radius 3 is 2.72 bits per heavy atom. The van der Waals surface area contributed by atoms with Crippen LogP contribution in [0, 0.1) is 0 Å². The lowest BCUT2D eigenvalue weighted by Crippen LogP contribution is -2.15. The second kappa shape index (κ2) is 7.87. The van der Waals surface area contributed by atoms with Crippen LogP contribution < -0.4 is 15.4 Å². The molecule has 126 valence electrons. The van der Waals surface area contributed by atoms with Crippen molar-refractivity contribution in [3.63, 3.8) is 0 Å². The van der Waals surface area contributed by atoms with Crippen LogP contribution in [0.15, 0.2) is 61.1 Å². The normalized spacial score (nSPS) is 10.1. The number of pyridine rings is 1. The number of ether oxygens (including phenoxy) is 1. The summed E-state index contributed by atoms with van der Waals surface area (Å²) >= 11 is 0. The molecule has 0 aliphatic heterocycles. The predicted molar refractivity (Wildman–Crippen MR) is 94.5 cm³/mol. The van der Waals surface area contributed by atoms with Gasteiger partial charge in [0.15, 0.2) is 0 Å². The van der Waals surface area contributed by atoms with Crippen molar-refractivity contribution in [2.24, 2.45) is 0 Å². The number of carbonyl (C=O) groups excluding carboxylic acids is 1. The summed E-state index contributed by atoms with van der Waals surface area (Å²) in [6, 6.07) is 14.5. The molecule has 7 nitrogen and oxygen atoms in total. The standard InChI is InChI=1S/C18H17N5O2/c1-25-16-8-3-2-7-14(16)23-18(24)15-10-17(22-12-21-15)20-11-13-6-4-5-9-19-13/h2-10,12H,11H2,1H3,(H,23,24)(H,20,21,22). The monoisotopic (exact) mass is 335 g/mol. The largest absolute Gasteiger partial charge is 0.495 e. The van der Waals surface area contributed by atoms with E-state index < -0.39 is 0 Å². The number of benzene rings is 1. The van der Waals surface area contributed by atoms with E-state index in [1.54, 1.807) is 31.5 Å². The zero-order valence-corrected chi connectivity index (χ0v) is 13.6. The smallest absolute Gasteiger partial charge is 0.274 e. The van der Waals surface area contributed by atoms with Gasteiger partial charge in [0, 0.05) is 12.3 Å². The van der Waals surface area contributed by atoms with Crippen LogP contribution in [0.25, 0.3) is 0 Å². The third kappa shape index (κ3) is 4.29. The molecule has 2 N–H and O–H groups in total. The van der Waals surface area contributed by atoms with Crippen LogP contribution in [-0.2, 0) is 6.54 Å². The molecule has 7 heteroatoms. The number of hydrogen-bond donors (Lipinski definition) is 2. The van der Waals surface area contributed by atoms with Crippen molar-refractivity contribution in [2.45, 2.75) is 6.54 Å². The summed E-state index contributed by atoms with van der Waals surface area (Å²) in [6.45, 7) is 0.505. The lowest BCUT2D eigenvalue weighted by molar-refractivity contribution is 0.102. The number of hydrogen-bond acceptors (Lipinski definition) is 6. The number of aromatic nitrogens is 3. The number of anilines is 2. The van der Waals surface area contributed by atoms with Crippen molar-refractivity contribution >= 4 is 17.4 Å². The second-order valence-corrected chi connectivity index (χ2v) is 5.12.